The number of hydrogen-bond donors (Lipinski definition) is 3. The van der Waals surface area contributed by atoms with E-state index in [9.17, 15) is 14.7 Å². The molecule has 0 unspecified atom stereocenters. The molecule has 0 saturated heterocycles. The van der Waals surface area contributed by atoms with E-state index in [-0.39, 0.29) is 6.54 Å². The monoisotopic (exact) mass is 281 g/mol. The molecule has 3 N–H and O–H groups in total. The third-order valence-electron chi connectivity index (χ3n) is 3.57. The molecule has 110 valence electrons. The zero-order valence-corrected chi connectivity index (χ0v) is 11.4. The van der Waals surface area contributed by atoms with Gasteiger partial charge in [-0.1, -0.05) is 24.4 Å². The number of aromatic nitrogens is 1. The number of amides is 2. The number of aryl methyl sites for hydroxylation is 1. The molecule has 1 aliphatic carbocycles. The van der Waals surface area contributed by atoms with Gasteiger partial charge in [-0.25, -0.2) is 9.59 Å². The minimum absolute atomic E-state index is 0.183. The number of carbonyl (C=O) groups excluding carboxylic acids is 1. The standard InChI is InChI=1S/C13H19N3O4/c1-9-7-10(20-16-9)8-14-12(19)15-13(11(17)18)5-3-2-4-6-13/h7H,2-6,8H2,1H3,(H,17,18)(H2,14,15,19). The number of rotatable bonds is 4. The smallest absolute Gasteiger partial charge is 0.329 e. The lowest BCUT2D eigenvalue weighted by Gasteiger charge is -2.33. The molecular formula is C13H19N3O4. The fourth-order valence-electron chi connectivity index (χ4n) is 2.48. The summed E-state index contributed by atoms with van der Waals surface area (Å²) in [6.45, 7) is 1.97. The number of aliphatic carboxylic acids is 1. The second-order valence-electron chi connectivity index (χ2n) is 5.19. The Labute approximate surface area is 116 Å². The van der Waals surface area contributed by atoms with Crippen LogP contribution in [0.3, 0.4) is 0 Å². The molecule has 20 heavy (non-hydrogen) atoms. The summed E-state index contributed by atoms with van der Waals surface area (Å²) < 4.78 is 4.97. The molecule has 1 heterocycles. The van der Waals surface area contributed by atoms with Crippen LogP contribution in [0.4, 0.5) is 4.79 Å². The van der Waals surface area contributed by atoms with Crippen LogP contribution in [-0.4, -0.2) is 27.8 Å². The molecule has 7 heteroatoms. The summed E-state index contributed by atoms with van der Waals surface area (Å²) in [4.78, 5) is 23.3. The number of hydrogen-bond acceptors (Lipinski definition) is 4. The SMILES string of the molecule is Cc1cc(CNC(=O)NC2(C(=O)O)CCCCC2)on1. The highest BCUT2D eigenvalue weighted by atomic mass is 16.5. The van der Waals surface area contributed by atoms with E-state index in [2.05, 4.69) is 15.8 Å². The first-order chi connectivity index (χ1) is 9.52. The second kappa shape index (κ2) is 5.94. The first-order valence-corrected chi connectivity index (χ1v) is 6.73. The average molecular weight is 281 g/mol. The van der Waals surface area contributed by atoms with Crippen molar-refractivity contribution in [2.45, 2.75) is 51.1 Å². The molecule has 0 spiro atoms. The van der Waals surface area contributed by atoms with E-state index in [1.807, 2.05) is 0 Å². The molecule has 2 rings (SSSR count). The lowest BCUT2D eigenvalue weighted by Crippen LogP contribution is -2.57. The lowest BCUT2D eigenvalue weighted by molar-refractivity contribution is -0.145. The molecule has 2 amide bonds. The van der Waals surface area contributed by atoms with E-state index in [0.717, 1.165) is 25.0 Å². The summed E-state index contributed by atoms with van der Waals surface area (Å²) in [5.74, 6) is -0.437. The van der Waals surface area contributed by atoms with Crippen LogP contribution in [0.15, 0.2) is 10.6 Å². The van der Waals surface area contributed by atoms with Gasteiger partial charge in [0.05, 0.1) is 12.2 Å². The first-order valence-electron chi connectivity index (χ1n) is 6.73. The molecule has 7 nitrogen and oxygen atoms in total. The second-order valence-corrected chi connectivity index (χ2v) is 5.19. The Morgan fingerprint density at radius 2 is 2.10 bits per heavy atom. The fourth-order valence-corrected chi connectivity index (χ4v) is 2.48. The minimum Gasteiger partial charge on any atom is -0.480 e. The highest BCUT2D eigenvalue weighted by Crippen LogP contribution is 2.28. The van der Waals surface area contributed by atoms with E-state index in [1.165, 1.54) is 0 Å². The molecule has 0 aromatic carbocycles. The summed E-state index contributed by atoms with van der Waals surface area (Å²) in [7, 11) is 0. The van der Waals surface area contributed by atoms with Gasteiger partial charge < -0.3 is 20.3 Å². The Kier molecular flexibility index (Phi) is 4.26. The van der Waals surface area contributed by atoms with Crippen molar-refractivity contribution in [3.05, 3.63) is 17.5 Å². The van der Waals surface area contributed by atoms with Crippen LogP contribution in [0, 0.1) is 6.92 Å². The third-order valence-corrected chi connectivity index (χ3v) is 3.57. The van der Waals surface area contributed by atoms with Crippen molar-refractivity contribution in [2.24, 2.45) is 0 Å². The number of urea groups is 1. The van der Waals surface area contributed by atoms with Crippen LogP contribution in [-0.2, 0) is 11.3 Å². The highest BCUT2D eigenvalue weighted by molar-refractivity contribution is 5.86. The summed E-state index contributed by atoms with van der Waals surface area (Å²) in [6, 6.07) is 1.22. The van der Waals surface area contributed by atoms with Gasteiger partial charge in [0.1, 0.15) is 5.54 Å². The quantitative estimate of drug-likeness (QED) is 0.777. The van der Waals surface area contributed by atoms with Gasteiger partial charge in [0.15, 0.2) is 5.76 Å². The van der Waals surface area contributed by atoms with Gasteiger partial charge >= 0.3 is 12.0 Å². The van der Waals surface area contributed by atoms with Crippen molar-refractivity contribution in [3.8, 4) is 0 Å². The lowest BCUT2D eigenvalue weighted by atomic mass is 9.82. The molecule has 0 aliphatic heterocycles. The largest absolute Gasteiger partial charge is 0.480 e. The number of nitrogens with zero attached hydrogens (tertiary/aromatic N) is 1. The molecule has 0 bridgehead atoms. The van der Waals surface area contributed by atoms with Crippen LogP contribution in [0.1, 0.15) is 43.6 Å². The van der Waals surface area contributed by atoms with Gasteiger partial charge in [0.25, 0.3) is 0 Å². The van der Waals surface area contributed by atoms with Crippen LogP contribution >= 0.6 is 0 Å². The predicted octanol–water partition coefficient (Wildman–Crippen LogP) is 1.57. The molecule has 0 radical (unpaired) electrons. The maximum absolute atomic E-state index is 11.9. The van der Waals surface area contributed by atoms with E-state index in [0.29, 0.717) is 18.6 Å². The molecule has 1 aromatic rings. The molecule has 1 aromatic heterocycles. The van der Waals surface area contributed by atoms with Crippen LogP contribution < -0.4 is 10.6 Å². The average Bonchev–Trinajstić information content (AvgIpc) is 2.83. The maximum Gasteiger partial charge on any atom is 0.329 e. The Morgan fingerprint density at radius 3 is 2.65 bits per heavy atom. The summed E-state index contributed by atoms with van der Waals surface area (Å²) >= 11 is 0. The fraction of sp³-hybridized carbons (Fsp3) is 0.615. The topological polar surface area (TPSA) is 104 Å². The van der Waals surface area contributed by atoms with Crippen molar-refractivity contribution >= 4 is 12.0 Å². The molecule has 0 atom stereocenters. The van der Waals surface area contributed by atoms with Gasteiger partial charge in [0, 0.05) is 6.07 Å². The number of carboxylic acids is 1. The summed E-state index contributed by atoms with van der Waals surface area (Å²) in [5.41, 5.74) is -0.406. The van der Waals surface area contributed by atoms with Crippen LogP contribution in [0.25, 0.3) is 0 Å². The van der Waals surface area contributed by atoms with Crippen molar-refractivity contribution in [1.29, 1.82) is 0 Å². The normalized spacial score (nSPS) is 17.4. The zero-order chi connectivity index (χ0) is 14.6. The van der Waals surface area contributed by atoms with E-state index >= 15 is 0 Å². The maximum atomic E-state index is 11.9. The zero-order valence-electron chi connectivity index (χ0n) is 11.4. The molecular weight excluding hydrogens is 262 g/mol. The number of nitrogens with one attached hydrogen (secondary N) is 2. The van der Waals surface area contributed by atoms with Gasteiger partial charge in [-0.3, -0.25) is 0 Å². The molecule has 1 aliphatic rings. The number of carbonyl (C=O) groups is 2. The Hall–Kier alpha value is -2.05. The Bertz CT molecular complexity index is 492. The Morgan fingerprint density at radius 1 is 1.40 bits per heavy atom. The van der Waals surface area contributed by atoms with Crippen molar-refractivity contribution in [1.82, 2.24) is 15.8 Å². The Balaban J connectivity index is 1.90. The predicted molar refractivity (Wildman–Crippen MR) is 70.1 cm³/mol. The van der Waals surface area contributed by atoms with Crippen LogP contribution in [0.5, 0.6) is 0 Å². The molecule has 1 saturated carbocycles. The summed E-state index contributed by atoms with van der Waals surface area (Å²) in [5, 5.41) is 18.3. The first kappa shape index (κ1) is 14.4. The van der Waals surface area contributed by atoms with E-state index in [1.54, 1.807) is 13.0 Å². The van der Waals surface area contributed by atoms with Gasteiger partial charge in [-0.2, -0.15) is 0 Å². The van der Waals surface area contributed by atoms with Crippen molar-refractivity contribution < 1.29 is 19.2 Å². The highest BCUT2D eigenvalue weighted by Gasteiger charge is 2.40. The molecule has 1 fully saturated rings. The summed E-state index contributed by atoms with van der Waals surface area (Å²) in [6.07, 6.45) is 3.58. The third kappa shape index (κ3) is 3.28. The van der Waals surface area contributed by atoms with Gasteiger partial charge in [-0.05, 0) is 19.8 Å². The van der Waals surface area contributed by atoms with Crippen molar-refractivity contribution in [2.75, 3.05) is 0 Å². The van der Waals surface area contributed by atoms with Crippen LogP contribution in [0.2, 0.25) is 0 Å². The van der Waals surface area contributed by atoms with E-state index in [4.69, 9.17) is 4.52 Å². The van der Waals surface area contributed by atoms with Gasteiger partial charge in [-0.15, -0.1) is 0 Å². The van der Waals surface area contributed by atoms with Gasteiger partial charge in [0.2, 0.25) is 0 Å². The van der Waals surface area contributed by atoms with E-state index < -0.39 is 17.5 Å². The van der Waals surface area contributed by atoms with Crippen molar-refractivity contribution in [3.63, 3.8) is 0 Å². The minimum atomic E-state index is -1.14. The number of carboxylic acid groups (broad SMARTS) is 1.